The molecule has 2 aromatic heterocycles. The zero-order chi connectivity index (χ0) is 16.6. The van der Waals surface area contributed by atoms with Gasteiger partial charge in [0.05, 0.1) is 16.6 Å². The molecule has 0 saturated carbocycles. The number of amides is 1. The van der Waals surface area contributed by atoms with E-state index in [1.807, 2.05) is 6.92 Å². The Hall–Kier alpha value is -2.44. The van der Waals surface area contributed by atoms with Crippen molar-refractivity contribution in [1.29, 1.82) is 0 Å². The number of hydrogen-bond acceptors (Lipinski definition) is 4. The molecule has 0 aliphatic rings. The maximum atomic E-state index is 12.8. The van der Waals surface area contributed by atoms with E-state index in [4.69, 9.17) is 5.11 Å². The standard InChI is InChI=1S/C15H20N4O3/c1-8(2)19(7-12(20)21)15(22)11-6-9(3)16-14-13(11)10(4)17-18(14)5/h6,8H,7H2,1-5H3,(H,20,21). The largest absolute Gasteiger partial charge is 0.480 e. The summed E-state index contributed by atoms with van der Waals surface area (Å²) < 4.78 is 1.63. The van der Waals surface area contributed by atoms with E-state index in [-0.39, 0.29) is 18.5 Å². The summed E-state index contributed by atoms with van der Waals surface area (Å²) in [5.74, 6) is -1.35. The number of carbonyl (C=O) groups excluding carboxylic acids is 1. The Morgan fingerprint density at radius 1 is 1.36 bits per heavy atom. The van der Waals surface area contributed by atoms with Crippen LogP contribution >= 0.6 is 0 Å². The minimum absolute atomic E-state index is 0.218. The number of carboxylic acids is 1. The van der Waals surface area contributed by atoms with Gasteiger partial charge in [0.1, 0.15) is 6.54 Å². The summed E-state index contributed by atoms with van der Waals surface area (Å²) in [6.45, 7) is 6.87. The minimum Gasteiger partial charge on any atom is -0.480 e. The summed E-state index contributed by atoms with van der Waals surface area (Å²) >= 11 is 0. The Labute approximate surface area is 128 Å². The van der Waals surface area contributed by atoms with Crippen molar-refractivity contribution in [2.24, 2.45) is 7.05 Å². The van der Waals surface area contributed by atoms with Crippen molar-refractivity contribution in [3.8, 4) is 0 Å². The highest BCUT2D eigenvalue weighted by molar-refractivity contribution is 6.07. The van der Waals surface area contributed by atoms with Gasteiger partial charge in [0.2, 0.25) is 0 Å². The fourth-order valence-electron chi connectivity index (χ4n) is 2.53. The van der Waals surface area contributed by atoms with Crippen molar-refractivity contribution in [3.05, 3.63) is 23.0 Å². The third-order valence-corrected chi connectivity index (χ3v) is 3.52. The lowest BCUT2D eigenvalue weighted by atomic mass is 10.1. The molecule has 0 aliphatic carbocycles. The number of aryl methyl sites for hydroxylation is 3. The van der Waals surface area contributed by atoms with Crippen molar-refractivity contribution in [3.63, 3.8) is 0 Å². The van der Waals surface area contributed by atoms with Crippen LogP contribution in [-0.4, -0.2) is 49.2 Å². The fraction of sp³-hybridized carbons (Fsp3) is 0.467. The summed E-state index contributed by atoms with van der Waals surface area (Å²) in [7, 11) is 1.77. The predicted molar refractivity (Wildman–Crippen MR) is 81.8 cm³/mol. The van der Waals surface area contributed by atoms with Crippen LogP contribution in [0.5, 0.6) is 0 Å². The van der Waals surface area contributed by atoms with Crippen LogP contribution in [0.4, 0.5) is 0 Å². The summed E-state index contributed by atoms with van der Waals surface area (Å²) in [6.07, 6.45) is 0. The van der Waals surface area contributed by atoms with Gasteiger partial charge < -0.3 is 10.0 Å². The van der Waals surface area contributed by atoms with Crippen molar-refractivity contribution in [2.75, 3.05) is 6.54 Å². The average molecular weight is 304 g/mol. The molecule has 0 fully saturated rings. The first kappa shape index (κ1) is 15.9. The average Bonchev–Trinajstić information content (AvgIpc) is 2.69. The molecule has 0 unspecified atom stereocenters. The molecule has 0 aliphatic heterocycles. The van der Waals surface area contributed by atoms with Gasteiger partial charge in [0.15, 0.2) is 5.65 Å². The van der Waals surface area contributed by atoms with Gasteiger partial charge in [-0.15, -0.1) is 0 Å². The van der Waals surface area contributed by atoms with Gasteiger partial charge >= 0.3 is 5.97 Å². The van der Waals surface area contributed by atoms with E-state index in [0.29, 0.717) is 28.0 Å². The molecule has 118 valence electrons. The van der Waals surface area contributed by atoms with E-state index in [0.717, 1.165) is 0 Å². The lowest BCUT2D eigenvalue weighted by Gasteiger charge is -2.25. The van der Waals surface area contributed by atoms with Crippen LogP contribution in [0.15, 0.2) is 6.07 Å². The number of hydrogen-bond donors (Lipinski definition) is 1. The number of carbonyl (C=O) groups is 2. The van der Waals surface area contributed by atoms with Gasteiger partial charge in [-0.05, 0) is 33.8 Å². The summed E-state index contributed by atoms with van der Waals surface area (Å²) in [5, 5.41) is 14.0. The van der Waals surface area contributed by atoms with E-state index < -0.39 is 5.97 Å². The first-order chi connectivity index (χ1) is 10.2. The number of carboxylic acid groups (broad SMARTS) is 1. The van der Waals surface area contributed by atoms with Gasteiger partial charge in [0, 0.05) is 18.8 Å². The molecule has 2 rings (SSSR count). The Kier molecular flexibility index (Phi) is 4.16. The Morgan fingerprint density at radius 2 is 2.00 bits per heavy atom. The van der Waals surface area contributed by atoms with Gasteiger partial charge in [-0.2, -0.15) is 5.10 Å². The minimum atomic E-state index is -1.04. The SMILES string of the molecule is Cc1cc(C(=O)N(CC(=O)O)C(C)C)c2c(C)nn(C)c2n1. The maximum absolute atomic E-state index is 12.8. The van der Waals surface area contributed by atoms with E-state index in [1.54, 1.807) is 38.6 Å². The topological polar surface area (TPSA) is 88.3 Å². The lowest BCUT2D eigenvalue weighted by Crippen LogP contribution is -2.40. The Bertz CT molecular complexity index is 749. The summed E-state index contributed by atoms with van der Waals surface area (Å²) in [4.78, 5) is 29.6. The highest BCUT2D eigenvalue weighted by Gasteiger charge is 2.25. The van der Waals surface area contributed by atoms with Crippen LogP contribution in [0.3, 0.4) is 0 Å². The number of aliphatic carboxylic acids is 1. The van der Waals surface area contributed by atoms with Crippen LogP contribution in [0.2, 0.25) is 0 Å². The maximum Gasteiger partial charge on any atom is 0.323 e. The molecule has 2 heterocycles. The monoisotopic (exact) mass is 304 g/mol. The van der Waals surface area contributed by atoms with Crippen LogP contribution < -0.4 is 0 Å². The third kappa shape index (κ3) is 2.79. The molecule has 1 amide bonds. The molecule has 1 N–H and O–H groups in total. The molecule has 22 heavy (non-hydrogen) atoms. The molecule has 2 aromatic rings. The number of fused-ring (bicyclic) bond motifs is 1. The van der Waals surface area contributed by atoms with Crippen molar-refractivity contribution >= 4 is 22.9 Å². The summed E-state index contributed by atoms with van der Waals surface area (Å²) in [5.41, 5.74) is 2.47. The second kappa shape index (κ2) is 5.75. The van der Waals surface area contributed by atoms with Crippen molar-refractivity contribution in [1.82, 2.24) is 19.7 Å². The highest BCUT2D eigenvalue weighted by Crippen LogP contribution is 2.23. The van der Waals surface area contributed by atoms with Crippen LogP contribution in [0.25, 0.3) is 11.0 Å². The number of nitrogens with zero attached hydrogens (tertiary/aromatic N) is 4. The van der Waals surface area contributed by atoms with E-state index in [2.05, 4.69) is 10.1 Å². The molecule has 0 atom stereocenters. The second-order valence-corrected chi connectivity index (χ2v) is 5.64. The molecule has 0 bridgehead atoms. The zero-order valence-electron chi connectivity index (χ0n) is 13.4. The van der Waals surface area contributed by atoms with Gasteiger partial charge in [-0.25, -0.2) is 4.98 Å². The van der Waals surface area contributed by atoms with Gasteiger partial charge in [-0.1, -0.05) is 0 Å². The molecule has 0 saturated heterocycles. The first-order valence-electron chi connectivity index (χ1n) is 7.06. The molecular formula is C15H20N4O3. The smallest absolute Gasteiger partial charge is 0.323 e. The van der Waals surface area contributed by atoms with E-state index in [1.165, 1.54) is 4.90 Å². The zero-order valence-corrected chi connectivity index (χ0v) is 13.4. The quantitative estimate of drug-likeness (QED) is 0.925. The Balaban J connectivity index is 2.62. The first-order valence-corrected chi connectivity index (χ1v) is 7.06. The molecule has 0 spiro atoms. The second-order valence-electron chi connectivity index (χ2n) is 5.64. The van der Waals surface area contributed by atoms with Crippen molar-refractivity contribution < 1.29 is 14.7 Å². The fourth-order valence-corrected chi connectivity index (χ4v) is 2.53. The number of pyridine rings is 1. The third-order valence-electron chi connectivity index (χ3n) is 3.52. The molecule has 0 radical (unpaired) electrons. The van der Waals surface area contributed by atoms with E-state index in [9.17, 15) is 9.59 Å². The molecular weight excluding hydrogens is 284 g/mol. The number of aromatic nitrogens is 3. The van der Waals surface area contributed by atoms with E-state index >= 15 is 0 Å². The predicted octanol–water partition coefficient (Wildman–Crippen LogP) is 1.52. The van der Waals surface area contributed by atoms with Crippen LogP contribution in [0, 0.1) is 13.8 Å². The normalized spacial score (nSPS) is 11.2. The number of rotatable bonds is 4. The van der Waals surface area contributed by atoms with Crippen LogP contribution in [-0.2, 0) is 11.8 Å². The lowest BCUT2D eigenvalue weighted by molar-refractivity contribution is -0.138. The van der Waals surface area contributed by atoms with Crippen molar-refractivity contribution in [2.45, 2.75) is 33.7 Å². The molecule has 0 aromatic carbocycles. The molecule has 7 heteroatoms. The Morgan fingerprint density at radius 3 is 2.55 bits per heavy atom. The summed E-state index contributed by atoms with van der Waals surface area (Å²) in [6, 6.07) is 1.47. The van der Waals surface area contributed by atoms with Crippen LogP contribution in [0.1, 0.15) is 35.6 Å². The van der Waals surface area contributed by atoms with Gasteiger partial charge in [0.25, 0.3) is 5.91 Å². The molecule has 7 nitrogen and oxygen atoms in total. The van der Waals surface area contributed by atoms with Gasteiger partial charge in [-0.3, -0.25) is 14.3 Å². The highest BCUT2D eigenvalue weighted by atomic mass is 16.4.